The summed E-state index contributed by atoms with van der Waals surface area (Å²) in [6.45, 7) is 0. The van der Waals surface area contributed by atoms with E-state index in [9.17, 15) is 14.4 Å². The first-order valence-electron chi connectivity index (χ1n) is 9.99. The maximum absolute atomic E-state index is 12.3. The lowest BCUT2D eigenvalue weighted by molar-refractivity contribution is -0.116. The number of anilines is 2. The van der Waals surface area contributed by atoms with Crippen molar-refractivity contribution in [2.75, 3.05) is 10.6 Å². The van der Waals surface area contributed by atoms with Gasteiger partial charge in [-0.2, -0.15) is 0 Å². The van der Waals surface area contributed by atoms with Crippen molar-refractivity contribution in [1.29, 1.82) is 0 Å². The zero-order valence-electron chi connectivity index (χ0n) is 16.2. The summed E-state index contributed by atoms with van der Waals surface area (Å²) in [5.41, 5.74) is 1.55. The maximum atomic E-state index is 12.3. The van der Waals surface area contributed by atoms with Crippen molar-refractivity contribution in [2.24, 2.45) is 5.92 Å². The number of hydrogen-bond acceptors (Lipinski definition) is 3. The molecule has 0 spiro atoms. The number of carbonyl (C=O) groups is 3. The molecule has 0 heterocycles. The van der Waals surface area contributed by atoms with Gasteiger partial charge in [-0.05, 0) is 48.7 Å². The summed E-state index contributed by atoms with van der Waals surface area (Å²) in [7, 11) is 0. The standard InChI is InChI=1S/C23H25ClN2O3/c24-19-7-3-4-8-20(19)26-23(29)15-21(27)17-10-12-18(13-11-17)25-22(28)14-9-16-5-1-2-6-16/h3-4,7-8,10-13,16H,1-2,5-6,9,14-15H2,(H,25,28)(H,26,29). The minimum absolute atomic E-state index is 0.00454. The topological polar surface area (TPSA) is 75.3 Å². The first-order chi connectivity index (χ1) is 14.0. The lowest BCUT2D eigenvalue weighted by Gasteiger charge is -2.10. The van der Waals surface area contributed by atoms with Gasteiger partial charge in [0.1, 0.15) is 0 Å². The molecular formula is C23H25ClN2O3. The highest BCUT2D eigenvalue weighted by Gasteiger charge is 2.16. The minimum Gasteiger partial charge on any atom is -0.326 e. The molecule has 2 amide bonds. The Morgan fingerprint density at radius 3 is 2.28 bits per heavy atom. The van der Waals surface area contributed by atoms with Crippen LogP contribution in [-0.2, 0) is 9.59 Å². The Morgan fingerprint density at radius 2 is 1.59 bits per heavy atom. The van der Waals surface area contributed by atoms with Crippen molar-refractivity contribution in [3.63, 3.8) is 0 Å². The average Bonchev–Trinajstić information content (AvgIpc) is 3.22. The number of ketones is 1. The zero-order chi connectivity index (χ0) is 20.6. The van der Waals surface area contributed by atoms with Gasteiger partial charge in [-0.1, -0.05) is 49.4 Å². The van der Waals surface area contributed by atoms with Crippen molar-refractivity contribution in [2.45, 2.75) is 44.9 Å². The molecule has 0 aliphatic heterocycles. The van der Waals surface area contributed by atoms with Crippen molar-refractivity contribution < 1.29 is 14.4 Å². The van der Waals surface area contributed by atoms with E-state index in [1.807, 2.05) is 0 Å². The predicted octanol–water partition coefficient (Wildman–Crippen LogP) is 5.46. The highest BCUT2D eigenvalue weighted by atomic mass is 35.5. The van der Waals surface area contributed by atoms with Crippen LogP contribution >= 0.6 is 11.6 Å². The summed E-state index contributed by atoms with van der Waals surface area (Å²) in [4.78, 5) is 36.5. The van der Waals surface area contributed by atoms with Crippen LogP contribution in [0.4, 0.5) is 11.4 Å². The summed E-state index contributed by atoms with van der Waals surface area (Å²) in [5, 5.41) is 5.92. The third kappa shape index (κ3) is 6.43. The molecule has 1 saturated carbocycles. The summed E-state index contributed by atoms with van der Waals surface area (Å²) in [6.07, 6.45) is 6.19. The molecular weight excluding hydrogens is 388 g/mol. The fourth-order valence-corrected chi connectivity index (χ4v) is 3.79. The number of para-hydroxylation sites is 1. The molecule has 1 aliphatic rings. The van der Waals surface area contributed by atoms with E-state index in [0.717, 1.165) is 6.42 Å². The van der Waals surface area contributed by atoms with Crippen LogP contribution in [0.15, 0.2) is 48.5 Å². The van der Waals surface area contributed by atoms with Crippen LogP contribution in [0.1, 0.15) is 55.3 Å². The quantitative estimate of drug-likeness (QED) is 0.446. The first-order valence-corrected chi connectivity index (χ1v) is 10.4. The molecule has 6 heteroatoms. The summed E-state index contributed by atoms with van der Waals surface area (Å²) in [5.74, 6) is -0.0474. The van der Waals surface area contributed by atoms with Crippen molar-refractivity contribution in [1.82, 2.24) is 0 Å². The molecule has 2 aromatic rings. The Labute approximate surface area is 175 Å². The molecule has 0 radical (unpaired) electrons. The molecule has 0 atom stereocenters. The van der Waals surface area contributed by atoms with Gasteiger partial charge in [0, 0.05) is 17.7 Å². The average molecular weight is 413 g/mol. The lowest BCUT2D eigenvalue weighted by Crippen LogP contribution is -2.17. The molecule has 0 aromatic heterocycles. The molecule has 0 unspecified atom stereocenters. The van der Waals surface area contributed by atoms with Crippen LogP contribution in [-0.4, -0.2) is 17.6 Å². The highest BCUT2D eigenvalue weighted by Crippen LogP contribution is 2.28. The van der Waals surface area contributed by atoms with E-state index in [1.165, 1.54) is 25.7 Å². The number of carbonyl (C=O) groups excluding carboxylic acids is 3. The van der Waals surface area contributed by atoms with Gasteiger partial charge in [0.15, 0.2) is 5.78 Å². The molecule has 5 nitrogen and oxygen atoms in total. The van der Waals surface area contributed by atoms with Crippen molar-refractivity contribution >= 4 is 40.6 Å². The molecule has 2 aromatic carbocycles. The van der Waals surface area contributed by atoms with Crippen LogP contribution < -0.4 is 10.6 Å². The summed E-state index contributed by atoms with van der Waals surface area (Å²) < 4.78 is 0. The number of benzene rings is 2. The van der Waals surface area contributed by atoms with Crippen LogP contribution in [0, 0.1) is 5.92 Å². The smallest absolute Gasteiger partial charge is 0.232 e. The van der Waals surface area contributed by atoms with Gasteiger partial charge in [-0.25, -0.2) is 0 Å². The Morgan fingerprint density at radius 1 is 0.897 bits per heavy atom. The fourth-order valence-electron chi connectivity index (χ4n) is 3.60. The zero-order valence-corrected chi connectivity index (χ0v) is 17.0. The number of rotatable bonds is 8. The minimum atomic E-state index is -0.424. The molecule has 29 heavy (non-hydrogen) atoms. The number of halogens is 1. The second kappa shape index (κ2) is 10.2. The van der Waals surface area contributed by atoms with Crippen molar-refractivity contribution in [3.05, 3.63) is 59.1 Å². The van der Waals surface area contributed by atoms with Gasteiger partial charge >= 0.3 is 0 Å². The van der Waals surface area contributed by atoms with Gasteiger partial charge in [0.05, 0.1) is 17.1 Å². The Bertz CT molecular complexity index is 874. The van der Waals surface area contributed by atoms with Gasteiger partial charge in [0.2, 0.25) is 11.8 Å². The van der Waals surface area contributed by atoms with Gasteiger partial charge < -0.3 is 10.6 Å². The molecule has 0 saturated heterocycles. The molecule has 1 aliphatic carbocycles. The van der Waals surface area contributed by atoms with Crippen LogP contribution in [0.5, 0.6) is 0 Å². The lowest BCUT2D eigenvalue weighted by atomic mass is 10.0. The second-order valence-corrected chi connectivity index (χ2v) is 7.85. The number of Topliss-reactive ketones (excluding diaryl/α,β-unsaturated/α-hetero) is 1. The Balaban J connectivity index is 1.47. The van der Waals surface area contributed by atoms with E-state index >= 15 is 0 Å². The van der Waals surface area contributed by atoms with Gasteiger partial charge in [-0.3, -0.25) is 14.4 Å². The highest BCUT2D eigenvalue weighted by molar-refractivity contribution is 6.33. The maximum Gasteiger partial charge on any atom is 0.232 e. The molecule has 152 valence electrons. The van der Waals surface area contributed by atoms with Crippen LogP contribution in [0.2, 0.25) is 5.02 Å². The molecule has 0 bridgehead atoms. The van der Waals surface area contributed by atoms with E-state index in [4.69, 9.17) is 11.6 Å². The van der Waals surface area contributed by atoms with E-state index in [2.05, 4.69) is 10.6 Å². The van der Waals surface area contributed by atoms with E-state index in [-0.39, 0.29) is 18.1 Å². The second-order valence-electron chi connectivity index (χ2n) is 7.44. The molecule has 1 fully saturated rings. The summed E-state index contributed by atoms with van der Waals surface area (Å²) in [6, 6.07) is 13.5. The van der Waals surface area contributed by atoms with E-state index < -0.39 is 5.91 Å². The van der Waals surface area contributed by atoms with E-state index in [1.54, 1.807) is 48.5 Å². The first kappa shape index (κ1) is 21.1. The Hall–Kier alpha value is -2.66. The number of hydrogen-bond donors (Lipinski definition) is 2. The third-order valence-electron chi connectivity index (χ3n) is 5.21. The third-order valence-corrected chi connectivity index (χ3v) is 5.54. The van der Waals surface area contributed by atoms with Gasteiger partial charge in [-0.15, -0.1) is 0 Å². The molecule has 2 N–H and O–H groups in total. The van der Waals surface area contributed by atoms with Crippen LogP contribution in [0.25, 0.3) is 0 Å². The largest absolute Gasteiger partial charge is 0.326 e. The number of amides is 2. The van der Waals surface area contributed by atoms with E-state index in [0.29, 0.717) is 34.3 Å². The monoisotopic (exact) mass is 412 g/mol. The van der Waals surface area contributed by atoms with Crippen LogP contribution in [0.3, 0.4) is 0 Å². The predicted molar refractivity (Wildman–Crippen MR) is 115 cm³/mol. The van der Waals surface area contributed by atoms with Crippen molar-refractivity contribution in [3.8, 4) is 0 Å². The fraction of sp³-hybridized carbons (Fsp3) is 0.348. The normalized spacial score (nSPS) is 13.8. The summed E-state index contributed by atoms with van der Waals surface area (Å²) >= 11 is 6.01. The number of nitrogens with one attached hydrogen (secondary N) is 2. The Kier molecular flexibility index (Phi) is 7.42. The van der Waals surface area contributed by atoms with Gasteiger partial charge in [0.25, 0.3) is 0 Å². The molecule has 3 rings (SSSR count). The SMILES string of the molecule is O=C(CCC1CCCC1)Nc1ccc(C(=O)CC(=O)Nc2ccccc2Cl)cc1.